The van der Waals surface area contributed by atoms with Crippen LogP contribution in [-0.2, 0) is 11.3 Å². The van der Waals surface area contributed by atoms with Gasteiger partial charge in [0.25, 0.3) is 17.2 Å². The second-order valence-electron chi connectivity index (χ2n) is 7.75. The minimum atomic E-state index is -0.804. The lowest BCUT2D eigenvalue weighted by Gasteiger charge is -2.39. The van der Waals surface area contributed by atoms with E-state index in [1.54, 1.807) is 11.8 Å². The number of benzene rings is 2. The molecule has 5 rings (SSSR count). The number of halogens is 1. The molecule has 3 heterocycles. The number of aromatic nitrogens is 2. The molecule has 31 heavy (non-hydrogen) atoms. The van der Waals surface area contributed by atoms with Gasteiger partial charge in [-0.25, -0.2) is 0 Å². The molecule has 2 aromatic carbocycles. The van der Waals surface area contributed by atoms with Crippen LogP contribution in [0.2, 0.25) is 5.02 Å². The van der Waals surface area contributed by atoms with Gasteiger partial charge in [-0.05, 0) is 41.5 Å². The fraction of sp³-hybridized carbons (Fsp3) is 0.318. The first-order valence-corrected chi connectivity index (χ1v) is 10.4. The number of hydrogen-bond acceptors (Lipinski definition) is 6. The van der Waals surface area contributed by atoms with Crippen molar-refractivity contribution in [1.82, 2.24) is 14.7 Å². The molecule has 1 aromatic heterocycles. The van der Waals surface area contributed by atoms with Crippen LogP contribution in [-0.4, -0.2) is 51.5 Å². The van der Waals surface area contributed by atoms with Crippen LogP contribution < -0.4 is 10.2 Å². The van der Waals surface area contributed by atoms with E-state index in [1.165, 1.54) is 4.68 Å². The summed E-state index contributed by atoms with van der Waals surface area (Å²) in [5.41, 5.74) is -0.0911. The molecule has 0 aliphatic carbocycles. The van der Waals surface area contributed by atoms with E-state index in [2.05, 4.69) is 5.10 Å². The minimum Gasteiger partial charge on any atom is -0.502 e. The number of morpholine rings is 1. The summed E-state index contributed by atoms with van der Waals surface area (Å²) in [6, 6.07) is 11.2. The van der Waals surface area contributed by atoms with Crippen LogP contribution in [0.3, 0.4) is 0 Å². The number of hydrogen-bond donors (Lipinski definition) is 1. The van der Waals surface area contributed by atoms with Crippen molar-refractivity contribution in [2.45, 2.75) is 25.6 Å². The second kappa shape index (κ2) is 7.55. The largest absolute Gasteiger partial charge is 0.502 e. The Bertz CT molecular complexity index is 1260. The highest BCUT2D eigenvalue weighted by atomic mass is 35.5. The molecular formula is C22H20ClN3O5. The summed E-state index contributed by atoms with van der Waals surface area (Å²) in [5, 5.41) is 17.4. The summed E-state index contributed by atoms with van der Waals surface area (Å²) in [6.07, 6.45) is -0.518. The third kappa shape index (κ3) is 3.41. The van der Waals surface area contributed by atoms with Gasteiger partial charge >= 0.3 is 0 Å². The van der Waals surface area contributed by atoms with Gasteiger partial charge in [-0.1, -0.05) is 29.8 Å². The first-order chi connectivity index (χ1) is 14.9. The Morgan fingerprint density at radius 3 is 2.87 bits per heavy atom. The summed E-state index contributed by atoms with van der Waals surface area (Å²) >= 11 is 6.09. The molecule has 2 aliphatic heterocycles. The van der Waals surface area contributed by atoms with E-state index in [4.69, 9.17) is 21.1 Å². The first-order valence-electron chi connectivity index (χ1n) is 10.0. The summed E-state index contributed by atoms with van der Waals surface area (Å²) in [6.45, 7) is 3.32. The Hall–Kier alpha value is -3.10. The molecule has 8 nitrogen and oxygen atoms in total. The zero-order chi connectivity index (χ0) is 21.7. The molecule has 0 saturated carbocycles. The number of ether oxygens (including phenoxy) is 2. The second-order valence-corrected chi connectivity index (χ2v) is 8.19. The fourth-order valence-corrected chi connectivity index (χ4v) is 4.27. The Kier molecular flexibility index (Phi) is 4.83. The quantitative estimate of drug-likeness (QED) is 0.671. The van der Waals surface area contributed by atoms with Crippen molar-refractivity contribution >= 4 is 28.3 Å². The third-order valence-corrected chi connectivity index (χ3v) is 6.00. The van der Waals surface area contributed by atoms with Crippen molar-refractivity contribution in [3.8, 4) is 11.6 Å². The molecule has 1 saturated heterocycles. The van der Waals surface area contributed by atoms with Crippen molar-refractivity contribution in [3.05, 3.63) is 62.9 Å². The van der Waals surface area contributed by atoms with Crippen LogP contribution >= 0.6 is 11.6 Å². The monoisotopic (exact) mass is 441 g/mol. The molecule has 1 N–H and O–H groups in total. The molecule has 3 aromatic rings. The van der Waals surface area contributed by atoms with Crippen molar-refractivity contribution in [2.75, 3.05) is 19.8 Å². The van der Waals surface area contributed by atoms with Crippen LogP contribution in [0, 0.1) is 0 Å². The lowest BCUT2D eigenvalue weighted by atomic mass is 10.0. The molecule has 1 fully saturated rings. The zero-order valence-electron chi connectivity index (χ0n) is 16.7. The number of carbonyl (C=O) groups is 1. The van der Waals surface area contributed by atoms with Crippen molar-refractivity contribution in [2.24, 2.45) is 0 Å². The molecule has 2 aliphatic rings. The van der Waals surface area contributed by atoms with Crippen LogP contribution in [0.25, 0.3) is 10.8 Å². The van der Waals surface area contributed by atoms with Crippen molar-refractivity contribution in [1.29, 1.82) is 0 Å². The van der Waals surface area contributed by atoms with Gasteiger partial charge in [0.1, 0.15) is 6.10 Å². The van der Waals surface area contributed by atoms with E-state index in [-0.39, 0.29) is 17.6 Å². The topological polar surface area (TPSA) is 93.9 Å². The molecule has 0 bridgehead atoms. The van der Waals surface area contributed by atoms with E-state index in [0.717, 1.165) is 16.3 Å². The molecule has 2 atom stereocenters. The average Bonchev–Trinajstić information content (AvgIpc) is 2.76. The minimum absolute atomic E-state index is 0.108. The number of amides is 1. The standard InChI is InChI=1S/C22H20ClN3O5/c1-12(14-3-2-13-4-5-16(23)9-15(13)8-14)31-21-20(28)19(27)18-22(29)25-6-7-30-11-17(25)10-26(18)24-21/h2-5,8-9,12,17,27H,6-7,10-11H2,1H3/t12-,17-/m0/s1. The Labute approximate surface area is 182 Å². The van der Waals surface area contributed by atoms with Gasteiger partial charge in [-0.2, -0.15) is 0 Å². The third-order valence-electron chi connectivity index (χ3n) is 5.76. The van der Waals surface area contributed by atoms with Crippen LogP contribution in [0.4, 0.5) is 0 Å². The summed E-state index contributed by atoms with van der Waals surface area (Å²) in [4.78, 5) is 27.1. The molecule has 0 radical (unpaired) electrons. The maximum Gasteiger partial charge on any atom is 0.285 e. The van der Waals surface area contributed by atoms with E-state index in [0.29, 0.717) is 31.3 Å². The van der Waals surface area contributed by atoms with Gasteiger partial charge in [-0.3, -0.25) is 14.3 Å². The predicted molar refractivity (Wildman–Crippen MR) is 114 cm³/mol. The van der Waals surface area contributed by atoms with Crippen molar-refractivity contribution in [3.63, 3.8) is 0 Å². The highest BCUT2D eigenvalue weighted by molar-refractivity contribution is 6.31. The Balaban J connectivity index is 1.48. The lowest BCUT2D eigenvalue weighted by Crippen LogP contribution is -2.55. The van der Waals surface area contributed by atoms with Crippen LogP contribution in [0.15, 0.2) is 41.2 Å². The fourth-order valence-electron chi connectivity index (χ4n) is 4.09. The smallest absolute Gasteiger partial charge is 0.285 e. The summed E-state index contributed by atoms with van der Waals surface area (Å²) in [7, 11) is 0. The molecule has 0 unspecified atom stereocenters. The average molecular weight is 442 g/mol. The number of rotatable bonds is 3. The zero-order valence-corrected chi connectivity index (χ0v) is 17.5. The van der Waals surface area contributed by atoms with Crippen LogP contribution in [0.1, 0.15) is 29.1 Å². The molecular weight excluding hydrogens is 422 g/mol. The maximum atomic E-state index is 12.8. The Morgan fingerprint density at radius 2 is 2.03 bits per heavy atom. The summed E-state index contributed by atoms with van der Waals surface area (Å²) in [5.74, 6) is -1.32. The highest BCUT2D eigenvalue weighted by Crippen LogP contribution is 2.28. The number of carbonyl (C=O) groups excluding carboxylic acids is 1. The number of fused-ring (bicyclic) bond motifs is 3. The molecule has 1 amide bonds. The maximum absolute atomic E-state index is 12.8. The molecule has 160 valence electrons. The van der Waals surface area contributed by atoms with Crippen LogP contribution in [0.5, 0.6) is 11.6 Å². The number of aromatic hydroxyl groups is 1. The molecule has 9 heteroatoms. The van der Waals surface area contributed by atoms with Gasteiger partial charge in [0.05, 0.1) is 25.8 Å². The normalized spacial score (nSPS) is 19.1. The SMILES string of the molecule is C[C@H](Oc1nn2c(c(O)c1=O)C(=O)N1CCOC[C@@H]1C2)c1ccc2ccc(Cl)cc2c1. The first kappa shape index (κ1) is 19.8. The van der Waals surface area contributed by atoms with Gasteiger partial charge in [0.15, 0.2) is 5.69 Å². The van der Waals surface area contributed by atoms with E-state index < -0.39 is 23.2 Å². The van der Waals surface area contributed by atoms with Gasteiger partial charge in [0.2, 0.25) is 5.75 Å². The Morgan fingerprint density at radius 1 is 1.23 bits per heavy atom. The van der Waals surface area contributed by atoms with Gasteiger partial charge in [-0.15, -0.1) is 5.10 Å². The predicted octanol–water partition coefficient (Wildman–Crippen LogP) is 2.75. The van der Waals surface area contributed by atoms with Gasteiger partial charge < -0.3 is 19.5 Å². The van der Waals surface area contributed by atoms with Crippen molar-refractivity contribution < 1.29 is 19.4 Å². The van der Waals surface area contributed by atoms with E-state index in [9.17, 15) is 14.7 Å². The lowest BCUT2D eigenvalue weighted by molar-refractivity contribution is -0.0161. The number of nitrogens with zero attached hydrogens (tertiary/aromatic N) is 3. The van der Waals surface area contributed by atoms with E-state index in [1.807, 2.05) is 36.4 Å². The highest BCUT2D eigenvalue weighted by Gasteiger charge is 2.38. The summed E-state index contributed by atoms with van der Waals surface area (Å²) < 4.78 is 12.6. The molecule has 0 spiro atoms. The van der Waals surface area contributed by atoms with E-state index >= 15 is 0 Å². The van der Waals surface area contributed by atoms with Gasteiger partial charge in [0, 0.05) is 11.6 Å².